The number of hydrogen-bond acceptors (Lipinski definition) is 9. The lowest BCUT2D eigenvalue weighted by atomic mass is 9.87. The van der Waals surface area contributed by atoms with Crippen molar-refractivity contribution in [1.82, 2.24) is 15.2 Å². The maximum absolute atomic E-state index is 14.8. The molecule has 0 bridgehead atoms. The third-order valence-electron chi connectivity index (χ3n) is 8.81. The number of carbonyl (C=O) groups excluding carboxylic acids is 2. The van der Waals surface area contributed by atoms with Crippen LogP contribution >= 0.6 is 11.3 Å². The Bertz CT molecular complexity index is 1720. The molecule has 2 saturated heterocycles. The number of benzene rings is 2. The summed E-state index contributed by atoms with van der Waals surface area (Å²) in [6, 6.07) is 8.98. The zero-order valence-corrected chi connectivity index (χ0v) is 26.1. The van der Waals surface area contributed by atoms with Crippen LogP contribution in [0, 0.1) is 31.5 Å². The topological polar surface area (TPSA) is 124 Å². The predicted molar refractivity (Wildman–Crippen MR) is 168 cm³/mol. The van der Waals surface area contributed by atoms with E-state index in [2.05, 4.69) is 15.2 Å². The van der Waals surface area contributed by atoms with E-state index in [4.69, 9.17) is 9.73 Å². The van der Waals surface area contributed by atoms with Gasteiger partial charge in [-0.25, -0.2) is 19.0 Å². The highest BCUT2D eigenvalue weighted by Gasteiger charge is 2.44. The van der Waals surface area contributed by atoms with Gasteiger partial charge in [0.15, 0.2) is 10.8 Å². The van der Waals surface area contributed by atoms with E-state index in [-0.39, 0.29) is 35.7 Å². The van der Waals surface area contributed by atoms with Gasteiger partial charge in [-0.3, -0.25) is 14.7 Å². The average molecular weight is 632 g/mol. The molecule has 3 aromatic rings. The number of rotatable bonds is 8. The Kier molecular flexibility index (Phi) is 8.52. The fourth-order valence-corrected chi connectivity index (χ4v) is 7.15. The zero-order valence-electron chi connectivity index (χ0n) is 25.2. The summed E-state index contributed by atoms with van der Waals surface area (Å²) < 4.78 is 20.3. The number of anilines is 1. The minimum absolute atomic E-state index is 0.0455. The molecule has 3 aliphatic heterocycles. The second kappa shape index (κ2) is 12.5. The van der Waals surface area contributed by atoms with E-state index in [1.54, 1.807) is 62.2 Å². The standard InChI is InChI=1S/C33H34FN5O5S/c1-4-44-33(43)27-26(36-29(30-35-11-13-45-30)37-28(27)23-6-5-7-25(34)19(23)3)17-38-12-10-24-20(15-38)16-39(31(24)40)21-8-9-22(32(41)42)18(2)14-21/h5-9,11,13-14,20,24,28H,4,10,12,15-17H2,1-3H3,(H,36,37)(H,41,42)/t20-,24-,28-/m0/s1. The number of carboxylic acid groups (broad SMARTS) is 1. The minimum atomic E-state index is -0.998. The van der Waals surface area contributed by atoms with Crippen molar-refractivity contribution in [2.75, 3.05) is 37.7 Å². The molecule has 2 aromatic carbocycles. The van der Waals surface area contributed by atoms with E-state index in [0.29, 0.717) is 77.1 Å². The monoisotopic (exact) mass is 631 g/mol. The van der Waals surface area contributed by atoms with Gasteiger partial charge < -0.3 is 20.1 Å². The van der Waals surface area contributed by atoms with Crippen LogP contribution in [0.4, 0.5) is 10.1 Å². The molecule has 3 atom stereocenters. The molecule has 2 fully saturated rings. The number of aromatic carboxylic acids is 1. The molecule has 0 radical (unpaired) electrons. The second-order valence-electron chi connectivity index (χ2n) is 11.6. The highest BCUT2D eigenvalue weighted by molar-refractivity contribution is 7.11. The smallest absolute Gasteiger partial charge is 0.338 e. The number of esters is 1. The summed E-state index contributed by atoms with van der Waals surface area (Å²) in [6.07, 6.45) is 2.33. The van der Waals surface area contributed by atoms with Gasteiger partial charge in [-0.1, -0.05) is 12.1 Å². The van der Waals surface area contributed by atoms with Crippen molar-refractivity contribution in [3.8, 4) is 0 Å². The lowest BCUT2D eigenvalue weighted by Crippen LogP contribution is -2.45. The molecular weight excluding hydrogens is 597 g/mol. The van der Waals surface area contributed by atoms with Crippen molar-refractivity contribution in [3.63, 3.8) is 0 Å². The average Bonchev–Trinajstić information content (AvgIpc) is 3.66. The van der Waals surface area contributed by atoms with Crippen LogP contribution < -0.4 is 10.2 Å². The summed E-state index contributed by atoms with van der Waals surface area (Å²) in [5.74, 6) is -1.45. The van der Waals surface area contributed by atoms with Gasteiger partial charge in [0.05, 0.1) is 17.7 Å². The molecule has 0 unspecified atom stereocenters. The minimum Gasteiger partial charge on any atom is -0.478 e. The first-order valence-electron chi connectivity index (χ1n) is 14.9. The number of fused-ring (bicyclic) bond motifs is 1. The molecule has 45 heavy (non-hydrogen) atoms. The van der Waals surface area contributed by atoms with Crippen molar-refractivity contribution in [2.24, 2.45) is 16.8 Å². The van der Waals surface area contributed by atoms with Crippen molar-refractivity contribution in [1.29, 1.82) is 0 Å². The molecule has 234 valence electrons. The molecule has 0 aliphatic carbocycles. The van der Waals surface area contributed by atoms with Crippen molar-refractivity contribution >= 4 is 40.7 Å². The number of aliphatic imine (C=N–C) groups is 1. The van der Waals surface area contributed by atoms with Gasteiger partial charge in [0, 0.05) is 54.4 Å². The van der Waals surface area contributed by atoms with Crippen molar-refractivity contribution in [3.05, 3.63) is 92.3 Å². The Morgan fingerprint density at radius 1 is 1.20 bits per heavy atom. The largest absolute Gasteiger partial charge is 0.478 e. The van der Waals surface area contributed by atoms with Gasteiger partial charge in [-0.2, -0.15) is 0 Å². The highest BCUT2D eigenvalue weighted by atomic mass is 32.1. The number of nitrogens with one attached hydrogen (secondary N) is 1. The maximum Gasteiger partial charge on any atom is 0.338 e. The number of ether oxygens (including phenoxy) is 1. The number of amides is 1. The quantitative estimate of drug-likeness (QED) is 0.349. The van der Waals surface area contributed by atoms with E-state index in [0.717, 1.165) is 0 Å². The fraction of sp³-hybridized carbons (Fsp3) is 0.364. The lowest BCUT2D eigenvalue weighted by Gasteiger charge is -2.36. The van der Waals surface area contributed by atoms with E-state index in [1.165, 1.54) is 17.4 Å². The van der Waals surface area contributed by atoms with Crippen LogP contribution in [0.15, 0.2) is 64.2 Å². The third kappa shape index (κ3) is 5.87. The SMILES string of the molecule is CCOC(=O)C1=C(CN2CC[C@@H]3C(=O)N(c4ccc(C(=O)O)c(C)c4)C[C@@H]3C2)NC(c2nccs2)=N[C@H]1c1cccc(F)c1C. The predicted octanol–water partition coefficient (Wildman–Crippen LogP) is 4.49. The number of hydrogen-bond donors (Lipinski definition) is 2. The van der Waals surface area contributed by atoms with Crippen LogP contribution in [0.25, 0.3) is 0 Å². The van der Waals surface area contributed by atoms with Gasteiger partial charge in [0.25, 0.3) is 0 Å². The summed E-state index contributed by atoms with van der Waals surface area (Å²) in [4.78, 5) is 51.8. The number of carboxylic acids is 1. The number of nitrogens with zero attached hydrogens (tertiary/aromatic N) is 4. The third-order valence-corrected chi connectivity index (χ3v) is 9.59. The molecular formula is C33H34FN5O5S. The van der Waals surface area contributed by atoms with Gasteiger partial charge in [-0.05, 0) is 74.7 Å². The summed E-state index contributed by atoms with van der Waals surface area (Å²) in [5.41, 5.74) is 3.44. The summed E-state index contributed by atoms with van der Waals surface area (Å²) in [5, 5.41) is 15.3. The Morgan fingerprint density at radius 3 is 2.73 bits per heavy atom. The molecule has 3 aliphatic rings. The first-order chi connectivity index (χ1) is 21.7. The molecule has 1 amide bonds. The Labute approximate surface area is 264 Å². The van der Waals surface area contributed by atoms with E-state index in [1.807, 2.05) is 5.38 Å². The number of halogens is 1. The van der Waals surface area contributed by atoms with Crippen LogP contribution in [-0.4, -0.2) is 71.5 Å². The summed E-state index contributed by atoms with van der Waals surface area (Å²) in [6.45, 7) is 7.46. The van der Waals surface area contributed by atoms with E-state index < -0.39 is 18.0 Å². The number of thiazole rings is 1. The van der Waals surface area contributed by atoms with E-state index in [9.17, 15) is 23.9 Å². The molecule has 2 N–H and O–H groups in total. The number of aryl methyl sites for hydroxylation is 1. The van der Waals surface area contributed by atoms with E-state index >= 15 is 0 Å². The number of amidine groups is 1. The Balaban J connectivity index is 1.30. The van der Waals surface area contributed by atoms with Gasteiger partial charge >= 0.3 is 11.9 Å². The lowest BCUT2D eigenvalue weighted by molar-refractivity contribution is -0.139. The van der Waals surface area contributed by atoms with Crippen LogP contribution in [-0.2, 0) is 14.3 Å². The summed E-state index contributed by atoms with van der Waals surface area (Å²) in [7, 11) is 0. The molecule has 4 heterocycles. The fourth-order valence-electron chi connectivity index (χ4n) is 6.56. The van der Waals surface area contributed by atoms with Crippen LogP contribution in [0.5, 0.6) is 0 Å². The number of aromatic nitrogens is 1. The number of likely N-dealkylation sites (tertiary alicyclic amines) is 1. The maximum atomic E-state index is 14.8. The summed E-state index contributed by atoms with van der Waals surface area (Å²) >= 11 is 1.41. The molecule has 6 rings (SSSR count). The highest BCUT2D eigenvalue weighted by Crippen LogP contribution is 2.38. The first kappa shape index (κ1) is 30.6. The molecule has 1 aromatic heterocycles. The van der Waals surface area contributed by atoms with Crippen molar-refractivity contribution in [2.45, 2.75) is 33.2 Å². The molecule has 0 spiro atoms. The zero-order chi connectivity index (χ0) is 31.8. The first-order valence-corrected chi connectivity index (χ1v) is 15.8. The molecule has 0 saturated carbocycles. The molecule has 10 nitrogen and oxygen atoms in total. The van der Waals surface area contributed by atoms with Gasteiger partial charge in [0.1, 0.15) is 11.9 Å². The van der Waals surface area contributed by atoms with Crippen LogP contribution in [0.3, 0.4) is 0 Å². The van der Waals surface area contributed by atoms with Gasteiger partial charge in [-0.15, -0.1) is 11.3 Å². The van der Waals surface area contributed by atoms with Gasteiger partial charge in [0.2, 0.25) is 5.91 Å². The van der Waals surface area contributed by atoms with Crippen molar-refractivity contribution < 1.29 is 28.6 Å². The normalized spacial score (nSPS) is 21.8. The van der Waals surface area contributed by atoms with Crippen LogP contribution in [0.2, 0.25) is 0 Å². The number of carbonyl (C=O) groups is 3. The second-order valence-corrected chi connectivity index (χ2v) is 12.4. The Hall–Kier alpha value is -4.42. The molecule has 12 heteroatoms. The number of piperidine rings is 1. The van der Waals surface area contributed by atoms with Crippen LogP contribution in [0.1, 0.15) is 51.4 Å². The Morgan fingerprint density at radius 2 is 2.02 bits per heavy atom.